The minimum atomic E-state index is -0.549. The first kappa shape index (κ1) is 12.8. The highest BCUT2D eigenvalue weighted by molar-refractivity contribution is 7.80. The number of carbonyl (C=O) groups excluding carboxylic acids is 1. The quantitative estimate of drug-likeness (QED) is 0.757. The van der Waals surface area contributed by atoms with Crippen molar-refractivity contribution in [2.75, 3.05) is 0 Å². The van der Waals surface area contributed by atoms with Crippen LogP contribution >= 0.6 is 12.2 Å². The van der Waals surface area contributed by atoms with Crippen LogP contribution in [0.5, 0.6) is 0 Å². The average Bonchev–Trinajstić information content (AvgIpc) is 2.73. The Morgan fingerprint density at radius 1 is 1.24 bits per heavy atom. The predicted octanol–water partition coefficient (Wildman–Crippen LogP) is 2.28. The molecule has 4 heteroatoms. The fourth-order valence-electron chi connectivity index (χ4n) is 3.09. The standard InChI is InChI=1S/C13H22N2OS/c1-2-12(6-5-7-12)15-11(16)13(10(14)17)8-3-4-9-13/h2-9H2,1H3,(H2,14,17)(H,15,16). The second kappa shape index (κ2) is 4.56. The summed E-state index contributed by atoms with van der Waals surface area (Å²) in [6, 6.07) is 0. The van der Waals surface area contributed by atoms with Gasteiger partial charge < -0.3 is 11.1 Å². The summed E-state index contributed by atoms with van der Waals surface area (Å²) in [7, 11) is 0. The fraction of sp³-hybridized carbons (Fsp3) is 0.846. The van der Waals surface area contributed by atoms with Crippen LogP contribution in [0.15, 0.2) is 0 Å². The molecule has 0 aromatic carbocycles. The molecule has 2 fully saturated rings. The Morgan fingerprint density at radius 3 is 2.18 bits per heavy atom. The van der Waals surface area contributed by atoms with Gasteiger partial charge in [-0.25, -0.2) is 0 Å². The van der Waals surface area contributed by atoms with Crippen molar-refractivity contribution in [2.45, 2.75) is 63.8 Å². The van der Waals surface area contributed by atoms with E-state index in [0.29, 0.717) is 4.99 Å². The molecule has 0 aromatic heterocycles. The van der Waals surface area contributed by atoms with E-state index in [9.17, 15) is 4.79 Å². The summed E-state index contributed by atoms with van der Waals surface area (Å²) in [6.07, 6.45) is 8.20. The van der Waals surface area contributed by atoms with Gasteiger partial charge in [-0.05, 0) is 38.5 Å². The van der Waals surface area contributed by atoms with Crippen molar-refractivity contribution in [1.82, 2.24) is 5.32 Å². The number of carbonyl (C=O) groups is 1. The van der Waals surface area contributed by atoms with Crippen LogP contribution in [0, 0.1) is 5.41 Å². The van der Waals surface area contributed by atoms with Gasteiger partial charge in [0.1, 0.15) is 0 Å². The SMILES string of the molecule is CCC1(NC(=O)C2(C(N)=S)CCCC2)CCC1. The Bertz CT molecular complexity index is 325. The predicted molar refractivity (Wildman–Crippen MR) is 72.7 cm³/mol. The molecule has 2 rings (SSSR count). The Hall–Kier alpha value is -0.640. The molecule has 96 valence electrons. The lowest BCUT2D eigenvalue weighted by Crippen LogP contribution is -2.58. The zero-order valence-corrected chi connectivity index (χ0v) is 11.4. The van der Waals surface area contributed by atoms with Crippen molar-refractivity contribution in [3.8, 4) is 0 Å². The number of thiocarbonyl (C=S) groups is 1. The minimum Gasteiger partial charge on any atom is -0.392 e. The van der Waals surface area contributed by atoms with Gasteiger partial charge in [-0.15, -0.1) is 0 Å². The van der Waals surface area contributed by atoms with Crippen molar-refractivity contribution in [3.63, 3.8) is 0 Å². The number of hydrogen-bond acceptors (Lipinski definition) is 2. The van der Waals surface area contributed by atoms with Crippen LogP contribution in [-0.4, -0.2) is 16.4 Å². The van der Waals surface area contributed by atoms with E-state index in [1.165, 1.54) is 6.42 Å². The van der Waals surface area contributed by atoms with Crippen LogP contribution < -0.4 is 11.1 Å². The van der Waals surface area contributed by atoms with Gasteiger partial charge in [0.15, 0.2) is 0 Å². The fourth-order valence-corrected chi connectivity index (χ4v) is 3.39. The van der Waals surface area contributed by atoms with Gasteiger partial charge >= 0.3 is 0 Å². The van der Waals surface area contributed by atoms with Crippen LogP contribution in [0.1, 0.15) is 58.3 Å². The van der Waals surface area contributed by atoms with E-state index in [4.69, 9.17) is 18.0 Å². The van der Waals surface area contributed by atoms with E-state index >= 15 is 0 Å². The van der Waals surface area contributed by atoms with Gasteiger partial charge in [-0.3, -0.25) is 4.79 Å². The van der Waals surface area contributed by atoms with Gasteiger partial charge in [-0.1, -0.05) is 32.0 Å². The van der Waals surface area contributed by atoms with Gasteiger partial charge in [0.2, 0.25) is 5.91 Å². The van der Waals surface area contributed by atoms with E-state index < -0.39 is 5.41 Å². The number of rotatable bonds is 4. The molecule has 0 aliphatic heterocycles. The van der Waals surface area contributed by atoms with Crippen LogP contribution in [0.2, 0.25) is 0 Å². The van der Waals surface area contributed by atoms with E-state index in [2.05, 4.69) is 12.2 Å². The molecule has 2 aliphatic rings. The van der Waals surface area contributed by atoms with Gasteiger partial charge in [0.25, 0.3) is 0 Å². The van der Waals surface area contributed by atoms with Crippen molar-refractivity contribution in [3.05, 3.63) is 0 Å². The van der Waals surface area contributed by atoms with E-state index in [1.54, 1.807) is 0 Å². The van der Waals surface area contributed by atoms with Crippen LogP contribution in [0.3, 0.4) is 0 Å². The summed E-state index contributed by atoms with van der Waals surface area (Å²) in [4.78, 5) is 12.9. The minimum absolute atomic E-state index is 0.0391. The Balaban J connectivity index is 2.10. The maximum Gasteiger partial charge on any atom is 0.233 e. The van der Waals surface area contributed by atoms with E-state index in [-0.39, 0.29) is 11.4 Å². The molecule has 0 atom stereocenters. The molecule has 0 unspecified atom stereocenters. The maximum atomic E-state index is 12.5. The number of nitrogens with two attached hydrogens (primary N) is 1. The third-order valence-corrected chi connectivity index (χ3v) is 5.12. The first-order valence-corrected chi connectivity index (χ1v) is 7.08. The zero-order valence-electron chi connectivity index (χ0n) is 10.6. The first-order chi connectivity index (χ1) is 8.05. The summed E-state index contributed by atoms with van der Waals surface area (Å²) in [5.74, 6) is 0.0871. The lowest BCUT2D eigenvalue weighted by atomic mass is 9.73. The van der Waals surface area contributed by atoms with E-state index in [1.807, 2.05) is 0 Å². The molecule has 3 nitrogen and oxygen atoms in total. The Labute approximate surface area is 109 Å². The summed E-state index contributed by atoms with van der Waals surface area (Å²) in [6.45, 7) is 2.14. The smallest absolute Gasteiger partial charge is 0.233 e. The molecule has 3 N–H and O–H groups in total. The molecule has 0 radical (unpaired) electrons. The molecule has 17 heavy (non-hydrogen) atoms. The van der Waals surface area contributed by atoms with Crippen LogP contribution in [-0.2, 0) is 4.79 Å². The van der Waals surface area contributed by atoms with Gasteiger partial charge in [0.05, 0.1) is 10.4 Å². The molecule has 0 aromatic rings. The lowest BCUT2D eigenvalue weighted by molar-refractivity contribution is -0.130. The molecule has 0 spiro atoms. The molecule has 2 saturated carbocycles. The number of hydrogen-bond donors (Lipinski definition) is 2. The average molecular weight is 254 g/mol. The Kier molecular flexibility index (Phi) is 3.43. The summed E-state index contributed by atoms with van der Waals surface area (Å²) in [5.41, 5.74) is 5.31. The molecular weight excluding hydrogens is 232 g/mol. The highest BCUT2D eigenvalue weighted by Gasteiger charge is 2.47. The molecule has 0 bridgehead atoms. The second-order valence-corrected chi connectivity index (χ2v) is 6.03. The van der Waals surface area contributed by atoms with Crippen molar-refractivity contribution in [2.24, 2.45) is 11.1 Å². The normalized spacial score (nSPS) is 25.0. The maximum absolute atomic E-state index is 12.5. The van der Waals surface area contributed by atoms with Gasteiger partial charge in [0, 0.05) is 5.54 Å². The summed E-state index contributed by atoms with van der Waals surface area (Å²) < 4.78 is 0. The topological polar surface area (TPSA) is 55.1 Å². The van der Waals surface area contributed by atoms with Crippen LogP contribution in [0.4, 0.5) is 0 Å². The van der Waals surface area contributed by atoms with Crippen LogP contribution in [0.25, 0.3) is 0 Å². The largest absolute Gasteiger partial charge is 0.392 e. The molecule has 2 aliphatic carbocycles. The second-order valence-electron chi connectivity index (χ2n) is 5.60. The monoisotopic (exact) mass is 254 g/mol. The Morgan fingerprint density at radius 2 is 1.82 bits per heavy atom. The first-order valence-electron chi connectivity index (χ1n) is 6.67. The molecule has 0 saturated heterocycles. The third kappa shape index (κ3) is 2.07. The highest BCUT2D eigenvalue weighted by Crippen LogP contribution is 2.41. The van der Waals surface area contributed by atoms with Crippen molar-refractivity contribution < 1.29 is 4.79 Å². The third-order valence-electron chi connectivity index (χ3n) is 4.73. The van der Waals surface area contributed by atoms with Gasteiger partial charge in [-0.2, -0.15) is 0 Å². The zero-order chi connectivity index (χ0) is 12.5. The van der Waals surface area contributed by atoms with Crippen molar-refractivity contribution >= 4 is 23.1 Å². The molecule has 0 heterocycles. The molecular formula is C13H22N2OS. The van der Waals surface area contributed by atoms with E-state index in [0.717, 1.165) is 44.9 Å². The summed E-state index contributed by atoms with van der Waals surface area (Å²) in [5, 5.41) is 3.24. The number of nitrogens with one attached hydrogen (secondary N) is 1. The summed E-state index contributed by atoms with van der Waals surface area (Å²) >= 11 is 5.14. The lowest BCUT2D eigenvalue weighted by Gasteiger charge is -2.44. The van der Waals surface area contributed by atoms with Crippen molar-refractivity contribution in [1.29, 1.82) is 0 Å². The number of amides is 1. The highest BCUT2D eigenvalue weighted by atomic mass is 32.1. The molecule has 1 amide bonds.